The third kappa shape index (κ3) is 3.52. The van der Waals surface area contributed by atoms with Crippen molar-refractivity contribution in [3.63, 3.8) is 0 Å². The third-order valence-corrected chi connectivity index (χ3v) is 4.56. The van der Waals surface area contributed by atoms with Crippen molar-refractivity contribution in [2.75, 3.05) is 0 Å². The number of benzene rings is 2. The molecule has 0 aliphatic carbocycles. The van der Waals surface area contributed by atoms with Gasteiger partial charge in [-0.3, -0.25) is 0 Å². The van der Waals surface area contributed by atoms with E-state index >= 15 is 0 Å². The maximum atomic E-state index is 12.1. The van der Waals surface area contributed by atoms with E-state index in [1.807, 2.05) is 49.4 Å². The fraction of sp³-hybridized carbons (Fsp3) is 0.188. The van der Waals surface area contributed by atoms with E-state index in [1.54, 1.807) is 6.07 Å². The van der Waals surface area contributed by atoms with Crippen molar-refractivity contribution in [3.05, 3.63) is 65.5 Å². The van der Waals surface area contributed by atoms with E-state index in [2.05, 4.69) is 9.71 Å². The highest BCUT2D eigenvalue weighted by molar-refractivity contribution is 7.88. The summed E-state index contributed by atoms with van der Waals surface area (Å²) in [7, 11) is -3.43. The molecule has 0 saturated heterocycles. The molecule has 0 bridgehead atoms. The molecule has 5 nitrogen and oxygen atoms in total. The molecule has 3 rings (SSSR count). The van der Waals surface area contributed by atoms with Gasteiger partial charge < -0.3 is 4.42 Å². The van der Waals surface area contributed by atoms with Gasteiger partial charge in [-0.15, -0.1) is 0 Å². The third-order valence-electron chi connectivity index (χ3n) is 3.26. The summed E-state index contributed by atoms with van der Waals surface area (Å²) >= 11 is 0. The number of aromatic nitrogens is 1. The molecular weight excluding hydrogens is 300 g/mol. The second-order valence-corrected chi connectivity index (χ2v) is 6.95. The fourth-order valence-electron chi connectivity index (χ4n) is 2.12. The molecule has 0 fully saturated rings. The number of fused-ring (bicyclic) bond motifs is 1. The van der Waals surface area contributed by atoms with Gasteiger partial charge in [0.15, 0.2) is 5.58 Å². The summed E-state index contributed by atoms with van der Waals surface area (Å²) in [5.41, 5.74) is 3.21. The molecule has 0 saturated carbocycles. The lowest BCUT2D eigenvalue weighted by Gasteiger charge is -2.05. The molecule has 2 aromatic carbocycles. The number of sulfonamides is 1. The van der Waals surface area contributed by atoms with Crippen LogP contribution < -0.4 is 4.72 Å². The van der Waals surface area contributed by atoms with Gasteiger partial charge in [-0.05, 0) is 24.6 Å². The zero-order valence-electron chi connectivity index (χ0n) is 12.1. The molecule has 0 spiro atoms. The van der Waals surface area contributed by atoms with Gasteiger partial charge >= 0.3 is 0 Å². The predicted molar refractivity (Wildman–Crippen MR) is 84.7 cm³/mol. The van der Waals surface area contributed by atoms with Crippen molar-refractivity contribution in [3.8, 4) is 0 Å². The summed E-state index contributed by atoms with van der Waals surface area (Å²) in [6.07, 6.45) is 0. The number of nitrogens with one attached hydrogen (secondary N) is 1. The minimum Gasteiger partial charge on any atom is -0.439 e. The lowest BCUT2D eigenvalue weighted by Crippen LogP contribution is -2.24. The van der Waals surface area contributed by atoms with Crippen LogP contribution in [-0.2, 0) is 22.3 Å². The zero-order chi connectivity index (χ0) is 15.6. The quantitative estimate of drug-likeness (QED) is 0.785. The number of rotatable bonds is 5. The van der Waals surface area contributed by atoms with Crippen molar-refractivity contribution >= 4 is 21.1 Å². The topological polar surface area (TPSA) is 72.2 Å². The van der Waals surface area contributed by atoms with Crippen LogP contribution in [0, 0.1) is 6.92 Å². The molecule has 0 amide bonds. The first-order chi connectivity index (χ1) is 10.5. The van der Waals surface area contributed by atoms with E-state index in [1.165, 1.54) is 0 Å². The van der Waals surface area contributed by atoms with Gasteiger partial charge in [0.1, 0.15) is 5.52 Å². The molecule has 1 aromatic heterocycles. The van der Waals surface area contributed by atoms with Gasteiger partial charge in [0, 0.05) is 0 Å². The molecule has 22 heavy (non-hydrogen) atoms. The molecule has 0 atom stereocenters. The summed E-state index contributed by atoms with van der Waals surface area (Å²) in [5.74, 6) is 0.293. The monoisotopic (exact) mass is 316 g/mol. The number of para-hydroxylation sites is 2. The Bertz CT molecular complexity index is 850. The molecule has 114 valence electrons. The molecule has 0 unspecified atom stereocenters. The Morgan fingerprint density at radius 1 is 1.09 bits per heavy atom. The van der Waals surface area contributed by atoms with Gasteiger partial charge in [0.25, 0.3) is 0 Å². The second-order valence-electron chi connectivity index (χ2n) is 5.14. The highest BCUT2D eigenvalue weighted by atomic mass is 32.2. The Morgan fingerprint density at radius 3 is 2.55 bits per heavy atom. The van der Waals surface area contributed by atoms with Crippen LogP contribution in [0.2, 0.25) is 0 Å². The van der Waals surface area contributed by atoms with E-state index in [0.29, 0.717) is 11.5 Å². The molecule has 1 N–H and O–H groups in total. The summed E-state index contributed by atoms with van der Waals surface area (Å²) in [5, 5.41) is 0. The first-order valence-electron chi connectivity index (χ1n) is 6.89. The molecular formula is C16H16N2O3S. The lowest BCUT2D eigenvalue weighted by molar-refractivity contribution is 0.513. The summed E-state index contributed by atoms with van der Waals surface area (Å²) in [6.45, 7) is 2.01. The van der Waals surface area contributed by atoms with E-state index in [0.717, 1.165) is 16.6 Å². The maximum absolute atomic E-state index is 12.1. The van der Waals surface area contributed by atoms with Crippen LogP contribution in [0.25, 0.3) is 11.1 Å². The highest BCUT2D eigenvalue weighted by Crippen LogP contribution is 2.15. The lowest BCUT2D eigenvalue weighted by atomic mass is 10.2. The van der Waals surface area contributed by atoms with Crippen LogP contribution >= 0.6 is 0 Å². The minimum absolute atomic E-state index is 0.0445. The molecule has 1 heterocycles. The van der Waals surface area contributed by atoms with Crippen LogP contribution in [0.1, 0.15) is 17.0 Å². The Kier molecular flexibility index (Phi) is 3.96. The second kappa shape index (κ2) is 5.90. The van der Waals surface area contributed by atoms with Crippen LogP contribution in [0.3, 0.4) is 0 Å². The van der Waals surface area contributed by atoms with Crippen LogP contribution in [-0.4, -0.2) is 13.4 Å². The van der Waals surface area contributed by atoms with Gasteiger partial charge in [0.05, 0.1) is 12.3 Å². The number of nitrogens with zero attached hydrogens (tertiary/aromatic N) is 1. The van der Waals surface area contributed by atoms with Gasteiger partial charge in [-0.1, -0.05) is 42.0 Å². The SMILES string of the molecule is Cc1ccc(CS(=O)(=O)NCc2nc3ccccc3o2)cc1. The average molecular weight is 316 g/mol. The average Bonchev–Trinajstić information content (AvgIpc) is 2.90. The summed E-state index contributed by atoms with van der Waals surface area (Å²) in [6, 6.07) is 14.7. The molecule has 3 aromatic rings. The van der Waals surface area contributed by atoms with E-state index in [9.17, 15) is 8.42 Å². The van der Waals surface area contributed by atoms with Crippen molar-refractivity contribution in [2.24, 2.45) is 0 Å². The fourth-order valence-corrected chi connectivity index (χ4v) is 3.20. The van der Waals surface area contributed by atoms with E-state index < -0.39 is 10.0 Å². The van der Waals surface area contributed by atoms with E-state index in [4.69, 9.17) is 4.42 Å². The number of hydrogen-bond donors (Lipinski definition) is 1. The first-order valence-corrected chi connectivity index (χ1v) is 8.54. The standard InChI is InChI=1S/C16H16N2O3S/c1-12-6-8-13(9-7-12)11-22(19,20)17-10-16-18-14-4-2-3-5-15(14)21-16/h2-9,17H,10-11H2,1H3. The Labute approximate surface area is 129 Å². The van der Waals surface area contributed by atoms with Gasteiger partial charge in [0.2, 0.25) is 15.9 Å². The van der Waals surface area contributed by atoms with Crippen molar-refractivity contribution in [1.29, 1.82) is 0 Å². The number of hydrogen-bond acceptors (Lipinski definition) is 4. The highest BCUT2D eigenvalue weighted by Gasteiger charge is 2.13. The first kappa shape index (κ1) is 14.7. The largest absolute Gasteiger partial charge is 0.439 e. The Morgan fingerprint density at radius 2 is 1.82 bits per heavy atom. The predicted octanol–water partition coefficient (Wildman–Crippen LogP) is 2.76. The van der Waals surface area contributed by atoms with Gasteiger partial charge in [-0.25, -0.2) is 18.1 Å². The summed E-state index contributed by atoms with van der Waals surface area (Å²) < 4.78 is 32.2. The maximum Gasteiger partial charge on any atom is 0.216 e. The molecule has 0 aliphatic heterocycles. The Balaban J connectivity index is 1.67. The Hall–Kier alpha value is -2.18. The van der Waals surface area contributed by atoms with Crippen LogP contribution in [0.15, 0.2) is 52.9 Å². The van der Waals surface area contributed by atoms with Crippen LogP contribution in [0.4, 0.5) is 0 Å². The number of oxazole rings is 1. The van der Waals surface area contributed by atoms with Crippen molar-refractivity contribution in [2.45, 2.75) is 19.2 Å². The molecule has 6 heteroatoms. The smallest absolute Gasteiger partial charge is 0.216 e. The van der Waals surface area contributed by atoms with E-state index in [-0.39, 0.29) is 12.3 Å². The van der Waals surface area contributed by atoms with Crippen molar-refractivity contribution < 1.29 is 12.8 Å². The normalized spacial score (nSPS) is 11.9. The summed E-state index contributed by atoms with van der Waals surface area (Å²) in [4.78, 5) is 4.24. The number of aryl methyl sites for hydroxylation is 1. The molecule has 0 radical (unpaired) electrons. The molecule has 0 aliphatic rings. The minimum atomic E-state index is -3.43. The van der Waals surface area contributed by atoms with Crippen LogP contribution in [0.5, 0.6) is 0 Å². The van der Waals surface area contributed by atoms with Crippen molar-refractivity contribution in [1.82, 2.24) is 9.71 Å². The van der Waals surface area contributed by atoms with Gasteiger partial charge in [-0.2, -0.15) is 0 Å². The zero-order valence-corrected chi connectivity index (χ0v) is 12.9.